The average Bonchev–Trinajstić information content (AvgIpc) is 2.84. The van der Waals surface area contributed by atoms with Crippen LogP contribution >= 0.6 is 15.9 Å². The quantitative estimate of drug-likeness (QED) is 0.829. The van der Waals surface area contributed by atoms with Gasteiger partial charge in [-0.1, -0.05) is 39.3 Å². The van der Waals surface area contributed by atoms with Crippen LogP contribution in [0.25, 0.3) is 11.3 Å². The summed E-state index contributed by atoms with van der Waals surface area (Å²) in [6.45, 7) is 1.60. The normalized spacial score (nSPS) is 23.1. The van der Waals surface area contributed by atoms with Crippen LogP contribution in [0.2, 0.25) is 0 Å². The lowest BCUT2D eigenvalue weighted by molar-refractivity contribution is -0.145. The number of rotatable bonds is 3. The molecule has 1 fully saturated rings. The first kappa shape index (κ1) is 13.3. The Bertz CT molecular complexity index is 655. The standard InChI is InChI=1S/C13H13BrN4O2/c1-7(19)11-12(15-13(11)20)18-6-10(16-17-18)8-4-2-3-5-9(8)14/h2-7,11-12,19H,1H3,(H,15,20)/t7-,11-,12-/m1/s1. The zero-order chi connectivity index (χ0) is 14.3. The van der Waals surface area contributed by atoms with Gasteiger partial charge in [0.1, 0.15) is 17.8 Å². The second kappa shape index (κ2) is 4.99. The van der Waals surface area contributed by atoms with Crippen molar-refractivity contribution < 1.29 is 9.90 Å². The molecule has 3 atom stereocenters. The van der Waals surface area contributed by atoms with Crippen molar-refractivity contribution in [2.45, 2.75) is 19.2 Å². The summed E-state index contributed by atoms with van der Waals surface area (Å²) in [6, 6.07) is 7.71. The Morgan fingerprint density at radius 3 is 2.85 bits per heavy atom. The van der Waals surface area contributed by atoms with Crippen molar-refractivity contribution in [1.82, 2.24) is 20.3 Å². The fourth-order valence-electron chi connectivity index (χ4n) is 2.30. The molecule has 1 aromatic heterocycles. The van der Waals surface area contributed by atoms with Crippen LogP contribution < -0.4 is 5.32 Å². The SMILES string of the molecule is C[C@@H](O)[C@H]1C(=O)N[C@@H]1n1cc(-c2ccccc2Br)nn1. The van der Waals surface area contributed by atoms with E-state index in [0.717, 1.165) is 10.0 Å². The molecule has 2 N–H and O–H groups in total. The van der Waals surface area contributed by atoms with Crippen molar-refractivity contribution in [2.75, 3.05) is 0 Å². The fraction of sp³-hybridized carbons (Fsp3) is 0.308. The Kier molecular flexibility index (Phi) is 3.31. The minimum atomic E-state index is -0.718. The second-order valence-corrected chi connectivity index (χ2v) is 5.64. The number of benzene rings is 1. The maximum Gasteiger partial charge on any atom is 0.231 e. The van der Waals surface area contributed by atoms with Crippen LogP contribution in [0, 0.1) is 5.92 Å². The smallest absolute Gasteiger partial charge is 0.231 e. The van der Waals surface area contributed by atoms with Gasteiger partial charge in [0.25, 0.3) is 0 Å². The number of aromatic nitrogens is 3. The van der Waals surface area contributed by atoms with Crippen LogP contribution in [0.5, 0.6) is 0 Å². The molecule has 7 heteroatoms. The van der Waals surface area contributed by atoms with Gasteiger partial charge in [0, 0.05) is 10.0 Å². The fourth-order valence-corrected chi connectivity index (χ4v) is 2.79. The van der Waals surface area contributed by atoms with Crippen molar-refractivity contribution in [3.8, 4) is 11.3 Å². The summed E-state index contributed by atoms with van der Waals surface area (Å²) in [4.78, 5) is 11.4. The van der Waals surface area contributed by atoms with Gasteiger partial charge in [-0.15, -0.1) is 5.10 Å². The molecule has 3 rings (SSSR count). The molecule has 0 spiro atoms. The van der Waals surface area contributed by atoms with Crippen molar-refractivity contribution in [3.63, 3.8) is 0 Å². The maximum atomic E-state index is 11.4. The van der Waals surface area contributed by atoms with Gasteiger partial charge in [-0.25, -0.2) is 4.68 Å². The highest BCUT2D eigenvalue weighted by Gasteiger charge is 2.44. The lowest BCUT2D eigenvalue weighted by Gasteiger charge is -2.37. The van der Waals surface area contributed by atoms with Crippen molar-refractivity contribution in [1.29, 1.82) is 0 Å². The molecule has 2 heterocycles. The number of nitrogens with zero attached hydrogens (tertiary/aromatic N) is 3. The number of nitrogens with one attached hydrogen (secondary N) is 1. The molecule has 0 unspecified atom stereocenters. The summed E-state index contributed by atoms with van der Waals surface area (Å²) in [5, 5.41) is 20.5. The predicted molar refractivity (Wildman–Crippen MR) is 75.5 cm³/mol. The number of carbonyl (C=O) groups is 1. The van der Waals surface area contributed by atoms with E-state index >= 15 is 0 Å². The molecular weight excluding hydrogens is 324 g/mol. The highest BCUT2D eigenvalue weighted by atomic mass is 79.9. The van der Waals surface area contributed by atoms with Crippen LogP contribution in [0.3, 0.4) is 0 Å². The van der Waals surface area contributed by atoms with E-state index in [2.05, 4.69) is 31.6 Å². The summed E-state index contributed by atoms with van der Waals surface area (Å²) < 4.78 is 2.50. The second-order valence-electron chi connectivity index (χ2n) is 4.78. The summed E-state index contributed by atoms with van der Waals surface area (Å²) in [5.41, 5.74) is 1.64. The van der Waals surface area contributed by atoms with E-state index in [1.807, 2.05) is 24.3 Å². The van der Waals surface area contributed by atoms with Crippen molar-refractivity contribution in [2.24, 2.45) is 5.92 Å². The minimum Gasteiger partial charge on any atom is -0.392 e. The van der Waals surface area contributed by atoms with E-state index < -0.39 is 12.0 Å². The van der Waals surface area contributed by atoms with E-state index in [1.165, 1.54) is 0 Å². The first-order chi connectivity index (χ1) is 9.58. The Morgan fingerprint density at radius 2 is 2.20 bits per heavy atom. The third kappa shape index (κ3) is 2.12. The van der Waals surface area contributed by atoms with Crippen LogP contribution in [0.4, 0.5) is 0 Å². The van der Waals surface area contributed by atoms with Gasteiger partial charge in [-0.3, -0.25) is 4.79 Å². The van der Waals surface area contributed by atoms with Crippen LogP contribution in [-0.2, 0) is 4.79 Å². The zero-order valence-electron chi connectivity index (χ0n) is 10.7. The summed E-state index contributed by atoms with van der Waals surface area (Å²) in [6.07, 6.45) is 0.704. The third-order valence-electron chi connectivity index (χ3n) is 3.40. The number of hydrogen-bond acceptors (Lipinski definition) is 4. The average molecular weight is 337 g/mol. The Balaban J connectivity index is 1.88. The minimum absolute atomic E-state index is 0.164. The number of halogens is 1. The molecule has 1 saturated heterocycles. The first-order valence-corrected chi connectivity index (χ1v) is 7.02. The number of amides is 1. The Labute approximate surface area is 123 Å². The molecule has 1 aliphatic heterocycles. The molecule has 6 nitrogen and oxygen atoms in total. The summed E-state index contributed by atoms with van der Waals surface area (Å²) in [5.74, 6) is -0.647. The van der Waals surface area contributed by atoms with Gasteiger partial charge in [-0.2, -0.15) is 0 Å². The number of aliphatic hydroxyl groups excluding tert-OH is 1. The molecule has 0 aliphatic carbocycles. The molecule has 1 amide bonds. The van der Waals surface area contributed by atoms with Crippen LogP contribution in [0.1, 0.15) is 13.1 Å². The van der Waals surface area contributed by atoms with Crippen LogP contribution in [-0.4, -0.2) is 32.1 Å². The maximum absolute atomic E-state index is 11.4. The summed E-state index contributed by atoms with van der Waals surface area (Å²) >= 11 is 3.47. The third-order valence-corrected chi connectivity index (χ3v) is 4.09. The van der Waals surface area contributed by atoms with Crippen molar-refractivity contribution >= 4 is 21.8 Å². The number of aliphatic hydroxyl groups is 1. The van der Waals surface area contributed by atoms with E-state index in [-0.39, 0.29) is 12.1 Å². The number of hydrogen-bond donors (Lipinski definition) is 2. The highest BCUT2D eigenvalue weighted by molar-refractivity contribution is 9.10. The monoisotopic (exact) mass is 336 g/mol. The Morgan fingerprint density at radius 1 is 1.45 bits per heavy atom. The molecule has 20 heavy (non-hydrogen) atoms. The van der Waals surface area contributed by atoms with Gasteiger partial charge in [-0.05, 0) is 13.0 Å². The van der Waals surface area contributed by atoms with Gasteiger partial charge < -0.3 is 10.4 Å². The molecule has 0 bridgehead atoms. The molecular formula is C13H13BrN4O2. The first-order valence-electron chi connectivity index (χ1n) is 6.23. The van der Waals surface area contributed by atoms with Gasteiger partial charge in [0.2, 0.25) is 5.91 Å². The van der Waals surface area contributed by atoms with E-state index in [1.54, 1.807) is 17.8 Å². The van der Waals surface area contributed by atoms with E-state index in [4.69, 9.17) is 0 Å². The Hall–Kier alpha value is -1.73. The molecule has 1 aromatic carbocycles. The van der Waals surface area contributed by atoms with Gasteiger partial charge >= 0.3 is 0 Å². The largest absolute Gasteiger partial charge is 0.392 e. The predicted octanol–water partition coefficient (Wildman–Crippen LogP) is 1.33. The van der Waals surface area contributed by atoms with Crippen molar-refractivity contribution in [3.05, 3.63) is 34.9 Å². The van der Waals surface area contributed by atoms with E-state index in [9.17, 15) is 9.90 Å². The number of carbonyl (C=O) groups excluding carboxylic acids is 1. The van der Waals surface area contributed by atoms with E-state index in [0.29, 0.717) is 5.69 Å². The molecule has 2 aromatic rings. The molecule has 1 aliphatic rings. The number of β-lactam (4-membered cyclic amide) rings is 1. The molecule has 0 saturated carbocycles. The topological polar surface area (TPSA) is 80.0 Å². The van der Waals surface area contributed by atoms with Gasteiger partial charge in [0.05, 0.1) is 12.3 Å². The van der Waals surface area contributed by atoms with Crippen LogP contribution in [0.15, 0.2) is 34.9 Å². The highest BCUT2D eigenvalue weighted by Crippen LogP contribution is 2.30. The lowest BCUT2D eigenvalue weighted by Crippen LogP contribution is -2.58. The summed E-state index contributed by atoms with van der Waals surface area (Å²) in [7, 11) is 0. The van der Waals surface area contributed by atoms with Gasteiger partial charge in [0.15, 0.2) is 0 Å². The zero-order valence-corrected chi connectivity index (χ0v) is 12.3. The lowest BCUT2D eigenvalue weighted by atomic mass is 9.92. The molecule has 104 valence electrons. The molecule has 0 radical (unpaired) electrons.